The predicted octanol–water partition coefficient (Wildman–Crippen LogP) is 1.91. The van der Waals surface area contributed by atoms with Crippen LogP contribution in [0.5, 0.6) is 0 Å². The number of benzene rings is 1. The predicted molar refractivity (Wildman–Crippen MR) is 83.9 cm³/mol. The second kappa shape index (κ2) is 7.05. The molecule has 1 saturated heterocycles. The van der Waals surface area contributed by atoms with Gasteiger partial charge in [0.1, 0.15) is 6.04 Å². The van der Waals surface area contributed by atoms with Crippen LogP contribution in [0, 0.1) is 5.92 Å². The van der Waals surface area contributed by atoms with E-state index in [1.165, 1.54) is 0 Å². The largest absolute Gasteiger partial charge is 0.391 e. The molecule has 0 saturated carbocycles. The summed E-state index contributed by atoms with van der Waals surface area (Å²) in [6.45, 7) is 6.08. The number of carbonyl (C=O) groups is 1. The van der Waals surface area contributed by atoms with Gasteiger partial charge in [-0.05, 0) is 31.5 Å². The number of aliphatic hydroxyl groups is 1. The first-order chi connectivity index (χ1) is 10.0. The number of hydrogen-bond donors (Lipinski definition) is 1. The van der Waals surface area contributed by atoms with E-state index in [1.54, 1.807) is 0 Å². The number of β-amino-alcohol motifs (C(OH)–C–C–N with tert-alkyl or cyclic N) is 1. The van der Waals surface area contributed by atoms with E-state index in [0.717, 1.165) is 25.1 Å². The van der Waals surface area contributed by atoms with Gasteiger partial charge in [-0.3, -0.25) is 9.69 Å². The van der Waals surface area contributed by atoms with Gasteiger partial charge in [-0.15, -0.1) is 0 Å². The smallest absolute Gasteiger partial charge is 0.244 e. The summed E-state index contributed by atoms with van der Waals surface area (Å²) in [4.78, 5) is 16.8. The summed E-state index contributed by atoms with van der Waals surface area (Å²) in [7, 11) is 1.97. The van der Waals surface area contributed by atoms with Crippen LogP contribution in [-0.2, 0) is 4.79 Å². The molecule has 0 bridgehead atoms. The van der Waals surface area contributed by atoms with Crippen molar-refractivity contribution in [2.75, 3.05) is 26.7 Å². The lowest BCUT2D eigenvalue weighted by molar-refractivity contribution is -0.141. The van der Waals surface area contributed by atoms with Crippen LogP contribution < -0.4 is 0 Å². The topological polar surface area (TPSA) is 43.8 Å². The van der Waals surface area contributed by atoms with Crippen LogP contribution in [0.1, 0.15) is 31.9 Å². The fraction of sp³-hybridized carbons (Fsp3) is 0.588. The van der Waals surface area contributed by atoms with E-state index < -0.39 is 6.10 Å². The maximum absolute atomic E-state index is 12.9. The molecule has 3 atom stereocenters. The van der Waals surface area contributed by atoms with E-state index >= 15 is 0 Å². The monoisotopic (exact) mass is 290 g/mol. The number of piperidine rings is 1. The highest BCUT2D eigenvalue weighted by molar-refractivity contribution is 5.83. The Morgan fingerprint density at radius 2 is 2.10 bits per heavy atom. The quantitative estimate of drug-likeness (QED) is 0.921. The Bertz CT molecular complexity index is 463. The Morgan fingerprint density at radius 3 is 2.67 bits per heavy atom. The molecule has 1 aliphatic heterocycles. The van der Waals surface area contributed by atoms with Crippen molar-refractivity contribution in [3.05, 3.63) is 35.9 Å². The molecule has 1 N–H and O–H groups in total. The highest BCUT2D eigenvalue weighted by atomic mass is 16.3. The van der Waals surface area contributed by atoms with Crippen molar-refractivity contribution in [3.63, 3.8) is 0 Å². The molecule has 1 heterocycles. The van der Waals surface area contributed by atoms with E-state index in [1.807, 2.05) is 49.2 Å². The Morgan fingerprint density at radius 1 is 1.43 bits per heavy atom. The molecular weight excluding hydrogens is 264 g/mol. The van der Waals surface area contributed by atoms with Gasteiger partial charge < -0.3 is 10.0 Å². The molecule has 1 fully saturated rings. The van der Waals surface area contributed by atoms with Gasteiger partial charge in [0, 0.05) is 13.1 Å². The fourth-order valence-corrected chi connectivity index (χ4v) is 2.83. The maximum Gasteiger partial charge on any atom is 0.244 e. The Labute approximate surface area is 127 Å². The van der Waals surface area contributed by atoms with Crippen LogP contribution in [0.15, 0.2) is 30.3 Å². The molecule has 0 radical (unpaired) electrons. The summed E-state index contributed by atoms with van der Waals surface area (Å²) in [6.07, 6.45) is 0.454. The van der Waals surface area contributed by atoms with Crippen molar-refractivity contribution in [2.24, 2.45) is 5.92 Å². The van der Waals surface area contributed by atoms with Crippen LogP contribution in [-0.4, -0.2) is 53.6 Å². The summed E-state index contributed by atoms with van der Waals surface area (Å²) in [6, 6.07) is 9.62. The van der Waals surface area contributed by atoms with Crippen molar-refractivity contribution in [2.45, 2.75) is 32.4 Å². The molecule has 1 aromatic rings. The van der Waals surface area contributed by atoms with Gasteiger partial charge in [0.15, 0.2) is 0 Å². The van der Waals surface area contributed by atoms with Crippen molar-refractivity contribution >= 4 is 5.91 Å². The first-order valence-corrected chi connectivity index (χ1v) is 7.76. The minimum Gasteiger partial charge on any atom is -0.391 e. The van der Waals surface area contributed by atoms with Gasteiger partial charge in [0.05, 0.1) is 6.10 Å². The molecule has 3 unspecified atom stereocenters. The normalized spacial score (nSPS) is 24.1. The lowest BCUT2D eigenvalue weighted by Crippen LogP contribution is -2.49. The first-order valence-electron chi connectivity index (χ1n) is 7.76. The lowest BCUT2D eigenvalue weighted by atomic mass is 9.94. The zero-order chi connectivity index (χ0) is 15.4. The molecule has 4 heteroatoms. The maximum atomic E-state index is 12.9. The number of carbonyl (C=O) groups excluding carboxylic acids is 1. The first kappa shape index (κ1) is 16.0. The summed E-state index contributed by atoms with van der Waals surface area (Å²) < 4.78 is 0. The van der Waals surface area contributed by atoms with E-state index in [2.05, 4.69) is 11.8 Å². The third-order valence-electron chi connectivity index (χ3n) is 4.52. The van der Waals surface area contributed by atoms with Gasteiger partial charge in [0.25, 0.3) is 0 Å². The third-order valence-corrected chi connectivity index (χ3v) is 4.52. The number of amides is 1. The van der Waals surface area contributed by atoms with Gasteiger partial charge >= 0.3 is 0 Å². The molecule has 116 valence electrons. The lowest BCUT2D eigenvalue weighted by Gasteiger charge is -2.38. The standard InChI is InChI=1S/C17H26N2O2/c1-4-18(3)16(14-8-6-5-7-9-14)17(21)19-11-10-13(2)15(20)12-19/h5-9,13,15-16,20H,4,10-12H2,1-3H3. The molecule has 2 rings (SSSR count). The van der Waals surface area contributed by atoms with Crippen molar-refractivity contribution < 1.29 is 9.90 Å². The summed E-state index contributed by atoms with van der Waals surface area (Å²) in [5, 5.41) is 10.0. The minimum absolute atomic E-state index is 0.0940. The molecule has 4 nitrogen and oxygen atoms in total. The average molecular weight is 290 g/mol. The molecule has 0 aromatic heterocycles. The summed E-state index contributed by atoms with van der Waals surface area (Å²) in [5.74, 6) is 0.365. The van der Waals surface area contributed by atoms with Crippen LogP contribution in [0.25, 0.3) is 0 Å². The molecule has 21 heavy (non-hydrogen) atoms. The van der Waals surface area contributed by atoms with Gasteiger partial charge in [-0.1, -0.05) is 44.2 Å². The second-order valence-corrected chi connectivity index (χ2v) is 6.00. The average Bonchev–Trinajstić information content (AvgIpc) is 2.51. The molecule has 0 spiro atoms. The molecule has 0 aliphatic carbocycles. The number of likely N-dealkylation sites (tertiary alicyclic amines) is 1. The van der Waals surface area contributed by atoms with E-state index in [9.17, 15) is 9.90 Å². The van der Waals surface area contributed by atoms with Crippen LogP contribution in [0.2, 0.25) is 0 Å². The molecular formula is C17H26N2O2. The third kappa shape index (κ3) is 3.63. The zero-order valence-corrected chi connectivity index (χ0v) is 13.2. The van der Waals surface area contributed by atoms with E-state index in [4.69, 9.17) is 0 Å². The van der Waals surface area contributed by atoms with Crippen molar-refractivity contribution in [3.8, 4) is 0 Å². The molecule has 1 amide bonds. The molecule has 1 aliphatic rings. The zero-order valence-electron chi connectivity index (χ0n) is 13.2. The number of rotatable bonds is 4. The minimum atomic E-state index is -0.411. The fourth-order valence-electron chi connectivity index (χ4n) is 2.83. The van der Waals surface area contributed by atoms with Crippen LogP contribution >= 0.6 is 0 Å². The highest BCUT2D eigenvalue weighted by Gasteiger charge is 2.33. The summed E-state index contributed by atoms with van der Waals surface area (Å²) in [5.41, 5.74) is 1.01. The number of aliphatic hydroxyl groups excluding tert-OH is 1. The van der Waals surface area contributed by atoms with E-state index in [0.29, 0.717) is 6.54 Å². The Balaban J connectivity index is 2.19. The second-order valence-electron chi connectivity index (χ2n) is 6.00. The van der Waals surface area contributed by atoms with Crippen LogP contribution in [0.4, 0.5) is 0 Å². The van der Waals surface area contributed by atoms with Crippen molar-refractivity contribution in [1.82, 2.24) is 9.80 Å². The summed E-state index contributed by atoms with van der Waals surface area (Å²) >= 11 is 0. The molecule has 1 aromatic carbocycles. The van der Waals surface area contributed by atoms with Crippen molar-refractivity contribution in [1.29, 1.82) is 0 Å². The van der Waals surface area contributed by atoms with Gasteiger partial charge in [-0.2, -0.15) is 0 Å². The number of nitrogens with zero attached hydrogens (tertiary/aromatic N) is 2. The van der Waals surface area contributed by atoms with Gasteiger partial charge in [0.2, 0.25) is 5.91 Å². The number of likely N-dealkylation sites (N-methyl/N-ethyl adjacent to an activating group) is 1. The van der Waals surface area contributed by atoms with Gasteiger partial charge in [-0.25, -0.2) is 0 Å². The van der Waals surface area contributed by atoms with Crippen LogP contribution in [0.3, 0.4) is 0 Å². The van der Waals surface area contributed by atoms with E-state index in [-0.39, 0.29) is 17.9 Å². The highest BCUT2D eigenvalue weighted by Crippen LogP contribution is 2.25. The Hall–Kier alpha value is -1.39. The Kier molecular flexibility index (Phi) is 5.37. The SMILES string of the molecule is CCN(C)C(C(=O)N1CCC(C)C(O)C1)c1ccccc1. The number of hydrogen-bond acceptors (Lipinski definition) is 3.